The van der Waals surface area contributed by atoms with Gasteiger partial charge in [-0.2, -0.15) is 8.42 Å². The van der Waals surface area contributed by atoms with E-state index >= 15 is 0 Å². The van der Waals surface area contributed by atoms with Gasteiger partial charge in [-0.25, -0.2) is 4.18 Å². The van der Waals surface area contributed by atoms with Gasteiger partial charge >= 0.3 is 10.4 Å². The lowest BCUT2D eigenvalue weighted by Crippen LogP contribution is -2.28. The van der Waals surface area contributed by atoms with Crippen LogP contribution in [0.1, 0.15) is 91.4 Å². The first-order chi connectivity index (χ1) is 9.83. The molecule has 0 saturated carbocycles. The van der Waals surface area contributed by atoms with E-state index in [1.807, 2.05) is 0 Å². The average molecular weight is 323 g/mol. The van der Waals surface area contributed by atoms with E-state index in [-0.39, 0.29) is 0 Å². The van der Waals surface area contributed by atoms with Crippen molar-refractivity contribution in [3.05, 3.63) is 0 Å². The van der Waals surface area contributed by atoms with Crippen molar-refractivity contribution in [1.82, 2.24) is 0 Å². The van der Waals surface area contributed by atoms with Gasteiger partial charge in [-0.3, -0.25) is 4.18 Å². The summed E-state index contributed by atoms with van der Waals surface area (Å²) >= 11 is 0. The second-order valence-electron chi connectivity index (χ2n) is 6.35. The van der Waals surface area contributed by atoms with Crippen LogP contribution in [0.3, 0.4) is 0 Å². The largest absolute Gasteiger partial charge is 0.400 e. The minimum Gasteiger partial charge on any atom is -0.252 e. The van der Waals surface area contributed by atoms with E-state index in [0.29, 0.717) is 0 Å². The Kier molecular flexibility index (Phi) is 11.4. The summed E-state index contributed by atoms with van der Waals surface area (Å²) in [7, 11) is -2.72. The van der Waals surface area contributed by atoms with E-state index in [1.165, 1.54) is 51.4 Å². The molecule has 0 fully saturated rings. The van der Waals surface area contributed by atoms with Crippen molar-refractivity contribution in [2.75, 3.05) is 7.11 Å². The van der Waals surface area contributed by atoms with E-state index in [1.54, 1.807) is 13.8 Å². The highest BCUT2D eigenvalue weighted by molar-refractivity contribution is 7.81. The molecule has 5 heteroatoms. The Balaban J connectivity index is 3.53. The molecule has 0 spiro atoms. The van der Waals surface area contributed by atoms with Crippen LogP contribution in [0, 0.1) is 0 Å². The highest BCUT2D eigenvalue weighted by atomic mass is 32.3. The molecular weight excluding hydrogens is 288 g/mol. The van der Waals surface area contributed by atoms with Crippen LogP contribution in [0.5, 0.6) is 0 Å². The molecule has 0 aliphatic rings. The average Bonchev–Trinajstić information content (AvgIpc) is 2.39. The molecule has 0 bridgehead atoms. The minimum absolute atomic E-state index is 0.686. The molecule has 0 rings (SSSR count). The number of hydrogen-bond donors (Lipinski definition) is 0. The molecule has 0 aromatic carbocycles. The SMILES string of the molecule is CCCCCCCCCCCCC(C)(C)OS(=O)(=O)OC. The van der Waals surface area contributed by atoms with Gasteiger partial charge in [0.1, 0.15) is 0 Å². The summed E-state index contributed by atoms with van der Waals surface area (Å²) in [5.74, 6) is 0. The summed E-state index contributed by atoms with van der Waals surface area (Å²) in [6, 6.07) is 0. The number of unbranched alkanes of at least 4 members (excludes halogenated alkanes) is 9. The van der Waals surface area contributed by atoms with Crippen molar-refractivity contribution in [2.45, 2.75) is 97.0 Å². The Morgan fingerprint density at radius 3 is 1.67 bits per heavy atom. The van der Waals surface area contributed by atoms with Crippen LogP contribution in [0.2, 0.25) is 0 Å². The van der Waals surface area contributed by atoms with Crippen molar-refractivity contribution in [2.24, 2.45) is 0 Å². The third kappa shape index (κ3) is 13.3. The summed E-state index contributed by atoms with van der Waals surface area (Å²) in [6.07, 6.45) is 13.4. The Morgan fingerprint density at radius 2 is 1.24 bits per heavy atom. The van der Waals surface area contributed by atoms with Crippen LogP contribution in [-0.2, 0) is 18.8 Å². The predicted molar refractivity (Wildman–Crippen MR) is 87.6 cm³/mol. The van der Waals surface area contributed by atoms with Crippen LogP contribution in [0.15, 0.2) is 0 Å². The van der Waals surface area contributed by atoms with Gasteiger partial charge in [0.15, 0.2) is 0 Å². The zero-order chi connectivity index (χ0) is 16.2. The van der Waals surface area contributed by atoms with E-state index in [9.17, 15) is 8.42 Å². The highest BCUT2D eigenvalue weighted by Gasteiger charge is 2.26. The Hall–Kier alpha value is -0.130. The first kappa shape index (κ1) is 20.9. The first-order valence-corrected chi connectivity index (χ1v) is 9.67. The van der Waals surface area contributed by atoms with Gasteiger partial charge in [-0.1, -0.05) is 71.1 Å². The van der Waals surface area contributed by atoms with Gasteiger partial charge in [-0.15, -0.1) is 0 Å². The molecule has 128 valence electrons. The molecule has 0 N–H and O–H groups in total. The van der Waals surface area contributed by atoms with Crippen molar-refractivity contribution in [3.8, 4) is 0 Å². The second kappa shape index (κ2) is 11.4. The van der Waals surface area contributed by atoms with E-state index in [2.05, 4.69) is 11.1 Å². The molecule has 0 unspecified atom stereocenters. The van der Waals surface area contributed by atoms with Crippen molar-refractivity contribution < 1.29 is 16.8 Å². The topological polar surface area (TPSA) is 52.6 Å². The molecule has 21 heavy (non-hydrogen) atoms. The molecule has 0 saturated heterocycles. The minimum atomic E-state index is -3.84. The van der Waals surface area contributed by atoms with Gasteiger partial charge < -0.3 is 0 Å². The van der Waals surface area contributed by atoms with E-state index in [4.69, 9.17) is 4.18 Å². The molecule has 0 heterocycles. The lowest BCUT2D eigenvalue weighted by Gasteiger charge is -2.23. The second-order valence-corrected chi connectivity index (χ2v) is 7.67. The highest BCUT2D eigenvalue weighted by Crippen LogP contribution is 2.22. The monoisotopic (exact) mass is 322 g/mol. The zero-order valence-electron chi connectivity index (χ0n) is 14.3. The Morgan fingerprint density at radius 1 is 0.810 bits per heavy atom. The van der Waals surface area contributed by atoms with Gasteiger partial charge in [-0.05, 0) is 20.3 Å². The summed E-state index contributed by atoms with van der Waals surface area (Å²) in [6.45, 7) is 5.82. The maximum atomic E-state index is 11.3. The predicted octanol–water partition coefficient (Wildman–Crippen LogP) is 4.98. The summed E-state index contributed by atoms with van der Waals surface area (Å²) in [5.41, 5.74) is -0.686. The maximum absolute atomic E-state index is 11.3. The summed E-state index contributed by atoms with van der Waals surface area (Å²) in [5, 5.41) is 0. The van der Waals surface area contributed by atoms with Crippen LogP contribution in [0.25, 0.3) is 0 Å². The van der Waals surface area contributed by atoms with E-state index in [0.717, 1.165) is 26.4 Å². The normalized spacial score (nSPS) is 12.8. The van der Waals surface area contributed by atoms with Crippen molar-refractivity contribution in [3.63, 3.8) is 0 Å². The quantitative estimate of drug-likeness (QED) is 0.423. The third-order valence-corrected chi connectivity index (χ3v) is 4.73. The number of hydrogen-bond acceptors (Lipinski definition) is 4. The molecule has 0 atom stereocenters. The molecule has 4 nitrogen and oxygen atoms in total. The fourth-order valence-corrected chi connectivity index (χ4v) is 3.09. The van der Waals surface area contributed by atoms with Crippen LogP contribution in [-0.4, -0.2) is 21.1 Å². The van der Waals surface area contributed by atoms with Crippen molar-refractivity contribution >= 4 is 10.4 Å². The lowest BCUT2D eigenvalue weighted by atomic mass is 9.99. The Labute approximate surface area is 131 Å². The molecule has 0 aromatic heterocycles. The standard InChI is InChI=1S/C16H34O4S/c1-5-6-7-8-9-10-11-12-13-14-15-16(2,3)20-21(17,18)19-4/h5-15H2,1-4H3. The van der Waals surface area contributed by atoms with Gasteiger partial charge in [0.25, 0.3) is 0 Å². The van der Waals surface area contributed by atoms with Crippen LogP contribution < -0.4 is 0 Å². The Bertz CT molecular complexity index is 336. The molecule has 0 amide bonds. The van der Waals surface area contributed by atoms with Gasteiger partial charge in [0.05, 0.1) is 12.7 Å². The van der Waals surface area contributed by atoms with Crippen LogP contribution >= 0.6 is 0 Å². The molecule has 0 aromatic rings. The van der Waals surface area contributed by atoms with Gasteiger partial charge in [0.2, 0.25) is 0 Å². The smallest absolute Gasteiger partial charge is 0.252 e. The maximum Gasteiger partial charge on any atom is 0.400 e. The third-order valence-electron chi connectivity index (χ3n) is 3.66. The summed E-state index contributed by atoms with van der Waals surface area (Å²) < 4.78 is 31.8. The summed E-state index contributed by atoms with van der Waals surface area (Å²) in [4.78, 5) is 0. The zero-order valence-corrected chi connectivity index (χ0v) is 15.1. The molecule has 0 aliphatic heterocycles. The fraction of sp³-hybridized carbons (Fsp3) is 1.00. The van der Waals surface area contributed by atoms with Crippen LogP contribution in [0.4, 0.5) is 0 Å². The van der Waals surface area contributed by atoms with Crippen molar-refractivity contribution in [1.29, 1.82) is 0 Å². The first-order valence-electron chi connectivity index (χ1n) is 8.34. The molecule has 0 radical (unpaired) electrons. The molecular formula is C16H34O4S. The fourth-order valence-electron chi connectivity index (χ4n) is 2.39. The molecule has 0 aliphatic carbocycles. The lowest BCUT2D eigenvalue weighted by molar-refractivity contribution is 0.0820. The number of rotatable bonds is 14. The van der Waals surface area contributed by atoms with E-state index < -0.39 is 16.0 Å². The van der Waals surface area contributed by atoms with Gasteiger partial charge in [0, 0.05) is 0 Å².